The van der Waals surface area contributed by atoms with Crippen LogP contribution in [0.5, 0.6) is 0 Å². The van der Waals surface area contributed by atoms with Crippen molar-refractivity contribution in [1.29, 1.82) is 0 Å². The van der Waals surface area contributed by atoms with Gasteiger partial charge in [-0.25, -0.2) is 0 Å². The Morgan fingerprint density at radius 3 is 1.00 bits per heavy atom. The van der Waals surface area contributed by atoms with Gasteiger partial charge in [-0.1, -0.05) is 113 Å². The van der Waals surface area contributed by atoms with Crippen molar-refractivity contribution < 1.29 is 45.2 Å². The third-order valence-electron chi connectivity index (χ3n) is 7.75. The SMILES string of the molecule is CC(C)c1cc(C(C)C)c(SCc2cccc(CSc3c(C(C)C)cc(C(C)C)cc3C(C)C)n2)c(C(C)C)c1.[Cl-].[Cl-].[Pd+2]. The number of hydrogen-bond acceptors (Lipinski definition) is 3. The molecule has 1 nitrogen and oxygen atoms in total. The zero-order chi connectivity index (χ0) is 29.7. The average molecular weight is 753 g/mol. The molecule has 0 bridgehead atoms. The number of rotatable bonds is 12. The van der Waals surface area contributed by atoms with Crippen molar-refractivity contribution in [3.63, 3.8) is 0 Å². The normalized spacial score (nSPS) is 11.4. The topological polar surface area (TPSA) is 12.9 Å². The maximum absolute atomic E-state index is 5.15. The van der Waals surface area contributed by atoms with Crippen LogP contribution in [0.1, 0.15) is 163 Å². The molecule has 0 saturated heterocycles. The van der Waals surface area contributed by atoms with Crippen LogP contribution in [-0.4, -0.2) is 4.98 Å². The number of halogens is 2. The van der Waals surface area contributed by atoms with Gasteiger partial charge < -0.3 is 24.8 Å². The molecule has 0 aliphatic heterocycles. The minimum absolute atomic E-state index is 0. The standard InChI is InChI=1S/C37H53NS2.2ClH.Pd/c1-22(2)28-16-32(24(5)6)36(33(17-28)25(7)8)39-20-30-14-13-15-31(38-30)21-40-37-34(26(9)10)18-29(23(3)4)19-35(37)27(11)12;;;/h13-19,22-27H,20-21H2,1-12H3;2*1H;/q;;;+2/p-2. The van der Waals surface area contributed by atoms with Crippen molar-refractivity contribution in [2.24, 2.45) is 0 Å². The third kappa shape index (κ3) is 11.4. The number of thioether (sulfide) groups is 2. The molecular formula is C37H53Cl2NPdS2. The van der Waals surface area contributed by atoms with E-state index in [1.165, 1.54) is 54.6 Å². The van der Waals surface area contributed by atoms with Crippen LogP contribution in [0.3, 0.4) is 0 Å². The zero-order valence-electron chi connectivity index (χ0n) is 28.3. The predicted octanol–water partition coefficient (Wildman–Crippen LogP) is 6.41. The maximum Gasteiger partial charge on any atom is 2.00 e. The van der Waals surface area contributed by atoms with Gasteiger partial charge in [0.15, 0.2) is 0 Å². The van der Waals surface area contributed by atoms with Gasteiger partial charge >= 0.3 is 20.4 Å². The van der Waals surface area contributed by atoms with Gasteiger partial charge in [-0.2, -0.15) is 0 Å². The minimum atomic E-state index is 0. The molecule has 43 heavy (non-hydrogen) atoms. The van der Waals surface area contributed by atoms with Crippen molar-refractivity contribution in [2.75, 3.05) is 0 Å². The summed E-state index contributed by atoms with van der Waals surface area (Å²) in [5, 5.41) is 0. The van der Waals surface area contributed by atoms with Gasteiger partial charge in [0.2, 0.25) is 0 Å². The Hall–Kier alpha value is -0.468. The van der Waals surface area contributed by atoms with Crippen LogP contribution in [0.25, 0.3) is 0 Å². The van der Waals surface area contributed by atoms with E-state index in [1.807, 2.05) is 23.5 Å². The van der Waals surface area contributed by atoms with Gasteiger partial charge in [-0.3, -0.25) is 4.98 Å². The predicted molar refractivity (Wildman–Crippen MR) is 181 cm³/mol. The second-order valence-electron chi connectivity index (χ2n) is 13.2. The van der Waals surface area contributed by atoms with Crippen LogP contribution in [0, 0.1) is 0 Å². The molecule has 242 valence electrons. The summed E-state index contributed by atoms with van der Waals surface area (Å²) in [7, 11) is 0. The Kier molecular flexibility index (Phi) is 19.0. The second-order valence-corrected chi connectivity index (χ2v) is 15.2. The van der Waals surface area contributed by atoms with Crippen LogP contribution in [-0.2, 0) is 31.9 Å². The molecule has 3 rings (SSSR count). The molecule has 6 heteroatoms. The Balaban J connectivity index is 0.00000588. The van der Waals surface area contributed by atoms with E-state index in [0.717, 1.165) is 11.5 Å². The van der Waals surface area contributed by atoms with Crippen LogP contribution in [0.4, 0.5) is 0 Å². The molecule has 0 unspecified atom stereocenters. The second kappa shape index (κ2) is 19.3. The van der Waals surface area contributed by atoms with Gasteiger partial charge in [0, 0.05) is 21.3 Å². The van der Waals surface area contributed by atoms with Crippen LogP contribution in [0.15, 0.2) is 52.3 Å². The summed E-state index contributed by atoms with van der Waals surface area (Å²) in [6, 6.07) is 16.4. The molecule has 0 N–H and O–H groups in total. The fourth-order valence-electron chi connectivity index (χ4n) is 5.09. The van der Waals surface area contributed by atoms with E-state index in [0.29, 0.717) is 35.5 Å². The molecule has 2 aromatic carbocycles. The van der Waals surface area contributed by atoms with Crippen molar-refractivity contribution in [3.05, 3.63) is 87.2 Å². The number of benzene rings is 2. The quantitative estimate of drug-likeness (QED) is 0.157. The molecule has 1 aromatic heterocycles. The molecule has 0 amide bonds. The van der Waals surface area contributed by atoms with Gasteiger partial charge in [0.1, 0.15) is 0 Å². The first-order valence-corrected chi connectivity index (χ1v) is 17.3. The molecule has 0 aliphatic carbocycles. The molecule has 1 heterocycles. The summed E-state index contributed by atoms with van der Waals surface area (Å²) in [5.41, 5.74) is 11.2. The molecular weight excluding hydrogens is 700 g/mol. The first-order chi connectivity index (χ1) is 18.8. The fourth-order valence-corrected chi connectivity index (χ4v) is 7.85. The summed E-state index contributed by atoms with van der Waals surface area (Å²) < 4.78 is 0. The smallest absolute Gasteiger partial charge is 1.00 e. The van der Waals surface area contributed by atoms with E-state index in [1.54, 1.807) is 0 Å². The number of pyridine rings is 1. The molecule has 0 aliphatic rings. The summed E-state index contributed by atoms with van der Waals surface area (Å²) >= 11 is 3.95. The number of nitrogens with zero attached hydrogens (tertiary/aromatic N) is 1. The van der Waals surface area contributed by atoms with Crippen molar-refractivity contribution in [3.8, 4) is 0 Å². The van der Waals surface area contributed by atoms with Gasteiger partial charge in [-0.15, -0.1) is 23.5 Å². The van der Waals surface area contributed by atoms with Crippen LogP contribution in [0.2, 0.25) is 0 Å². The van der Waals surface area contributed by atoms with Crippen molar-refractivity contribution in [1.82, 2.24) is 4.98 Å². The Morgan fingerprint density at radius 1 is 0.488 bits per heavy atom. The summed E-state index contributed by atoms with van der Waals surface area (Å²) in [6.07, 6.45) is 0. The molecule has 0 radical (unpaired) electrons. The Labute approximate surface area is 298 Å². The van der Waals surface area contributed by atoms with E-state index >= 15 is 0 Å². The summed E-state index contributed by atoms with van der Waals surface area (Å²) in [5.74, 6) is 4.89. The molecule has 0 spiro atoms. The van der Waals surface area contributed by atoms with Crippen molar-refractivity contribution in [2.45, 2.75) is 140 Å². The Morgan fingerprint density at radius 2 is 0.767 bits per heavy atom. The molecule has 0 saturated carbocycles. The van der Waals surface area contributed by atoms with E-state index in [9.17, 15) is 0 Å². The number of hydrogen-bond donors (Lipinski definition) is 0. The monoisotopic (exact) mass is 751 g/mol. The van der Waals surface area contributed by atoms with Crippen LogP contribution >= 0.6 is 23.5 Å². The van der Waals surface area contributed by atoms with E-state index in [2.05, 4.69) is 126 Å². The minimum Gasteiger partial charge on any atom is -1.00 e. The van der Waals surface area contributed by atoms with Crippen LogP contribution < -0.4 is 24.8 Å². The molecule has 0 fully saturated rings. The van der Waals surface area contributed by atoms with Gasteiger partial charge in [0.05, 0.1) is 11.4 Å². The largest absolute Gasteiger partial charge is 2.00 e. The molecule has 3 aromatic rings. The molecule has 0 atom stereocenters. The first-order valence-electron chi connectivity index (χ1n) is 15.4. The number of aromatic nitrogens is 1. The first kappa shape index (κ1) is 42.5. The van der Waals surface area contributed by atoms with E-state index in [-0.39, 0.29) is 45.2 Å². The fraction of sp³-hybridized carbons (Fsp3) is 0.541. The van der Waals surface area contributed by atoms with E-state index < -0.39 is 0 Å². The third-order valence-corrected chi connectivity index (χ3v) is 10.2. The zero-order valence-corrected chi connectivity index (χ0v) is 33.0. The maximum atomic E-state index is 5.15. The van der Waals surface area contributed by atoms with Crippen molar-refractivity contribution >= 4 is 23.5 Å². The van der Waals surface area contributed by atoms with Gasteiger partial charge in [-0.05, 0) is 81.0 Å². The van der Waals surface area contributed by atoms with Gasteiger partial charge in [0.25, 0.3) is 0 Å². The van der Waals surface area contributed by atoms with E-state index in [4.69, 9.17) is 4.98 Å². The average Bonchev–Trinajstić information content (AvgIpc) is 2.89. The Bertz CT molecular complexity index is 1130. The summed E-state index contributed by atoms with van der Waals surface area (Å²) in [4.78, 5) is 8.08. The summed E-state index contributed by atoms with van der Waals surface area (Å²) in [6.45, 7) is 27.8.